The van der Waals surface area contributed by atoms with E-state index in [-0.39, 0.29) is 19.8 Å². The van der Waals surface area contributed by atoms with E-state index in [4.69, 9.17) is 10.2 Å². The summed E-state index contributed by atoms with van der Waals surface area (Å²) in [4.78, 5) is 4.47. The Morgan fingerprint density at radius 2 is 0.588 bits per heavy atom. The van der Waals surface area contributed by atoms with E-state index in [1.165, 1.54) is 116 Å². The zero-order chi connectivity index (χ0) is 25.0. The van der Waals surface area contributed by atoms with Crippen LogP contribution >= 0.6 is 0 Å². The van der Waals surface area contributed by atoms with Crippen LogP contribution in [0.5, 0.6) is 0 Å². The number of hydrogen-bond donors (Lipinski definition) is 3. The monoisotopic (exact) mass is 486 g/mol. The van der Waals surface area contributed by atoms with E-state index in [0.29, 0.717) is 13.1 Å². The fraction of sp³-hybridized carbons (Fsp3) is 1.00. The Morgan fingerprint density at radius 1 is 0.324 bits per heavy atom. The van der Waals surface area contributed by atoms with Crippen molar-refractivity contribution in [3.8, 4) is 0 Å². The van der Waals surface area contributed by atoms with Gasteiger partial charge in [-0.3, -0.25) is 4.90 Å². The molecule has 5 nitrogen and oxygen atoms in total. The van der Waals surface area contributed by atoms with Gasteiger partial charge in [0.1, 0.15) is 0 Å². The molecule has 0 heterocycles. The minimum atomic E-state index is 0.139. The summed E-state index contributed by atoms with van der Waals surface area (Å²) in [6.45, 7) is 7.72. The molecule has 0 aromatic heterocycles. The van der Waals surface area contributed by atoms with E-state index in [1.54, 1.807) is 0 Å². The molecule has 5 heteroatoms. The Balaban J connectivity index is 3.45. The highest BCUT2D eigenvalue weighted by Gasteiger charge is 2.07. The predicted octanol–water partition coefficient (Wildman–Crippen LogP) is 6.00. The molecule has 206 valence electrons. The highest BCUT2D eigenvalue weighted by molar-refractivity contribution is 4.62. The van der Waals surface area contributed by atoms with Crippen LogP contribution < -0.4 is 0 Å². The van der Waals surface area contributed by atoms with E-state index in [1.807, 2.05) is 0 Å². The number of hydrogen-bond acceptors (Lipinski definition) is 5. The molecule has 0 amide bonds. The normalized spacial score (nSPS) is 11.8. The number of aliphatic hydroxyl groups is 3. The maximum atomic E-state index is 9.35. The maximum Gasteiger partial charge on any atom is 0.0558 e. The first-order chi connectivity index (χ1) is 16.8. The van der Waals surface area contributed by atoms with Gasteiger partial charge in [0, 0.05) is 19.6 Å². The summed E-state index contributed by atoms with van der Waals surface area (Å²) in [5.74, 6) is 0. The summed E-state index contributed by atoms with van der Waals surface area (Å²) in [6.07, 6.45) is 26.2. The summed E-state index contributed by atoms with van der Waals surface area (Å²) in [5, 5.41) is 27.6. The second-order valence-corrected chi connectivity index (χ2v) is 10.2. The van der Waals surface area contributed by atoms with Gasteiger partial charge in [-0.2, -0.15) is 0 Å². The van der Waals surface area contributed by atoms with Crippen molar-refractivity contribution in [2.24, 2.45) is 0 Å². The molecule has 0 atom stereocenters. The van der Waals surface area contributed by atoms with Crippen LogP contribution in [0.25, 0.3) is 0 Å². The fourth-order valence-electron chi connectivity index (χ4n) is 4.85. The van der Waals surface area contributed by atoms with Crippen molar-refractivity contribution in [3.63, 3.8) is 0 Å². The number of unbranched alkanes of at least 4 members (excludes halogenated alkanes) is 17. The maximum absolute atomic E-state index is 9.35. The van der Waals surface area contributed by atoms with Gasteiger partial charge in [-0.05, 0) is 32.5 Å². The van der Waals surface area contributed by atoms with Crippen LogP contribution in [0.4, 0.5) is 0 Å². The smallest absolute Gasteiger partial charge is 0.0558 e. The molecular weight excluding hydrogens is 424 g/mol. The van der Waals surface area contributed by atoms with Crippen molar-refractivity contribution in [2.75, 3.05) is 59.1 Å². The van der Waals surface area contributed by atoms with Gasteiger partial charge in [-0.15, -0.1) is 0 Å². The zero-order valence-corrected chi connectivity index (χ0v) is 23.0. The van der Waals surface area contributed by atoms with Crippen molar-refractivity contribution in [1.82, 2.24) is 9.80 Å². The number of nitrogens with zero attached hydrogens (tertiary/aromatic N) is 2. The van der Waals surface area contributed by atoms with Crippen LogP contribution in [0.2, 0.25) is 0 Å². The first-order valence-corrected chi connectivity index (χ1v) is 15.1. The van der Waals surface area contributed by atoms with E-state index in [9.17, 15) is 5.11 Å². The lowest BCUT2D eigenvalue weighted by atomic mass is 10.0. The van der Waals surface area contributed by atoms with E-state index in [0.717, 1.165) is 32.6 Å². The van der Waals surface area contributed by atoms with Gasteiger partial charge < -0.3 is 20.2 Å². The molecule has 0 aromatic rings. The number of rotatable bonds is 29. The largest absolute Gasteiger partial charge is 0.395 e. The highest BCUT2D eigenvalue weighted by atomic mass is 16.3. The van der Waals surface area contributed by atoms with Gasteiger partial charge in [0.2, 0.25) is 0 Å². The SMILES string of the molecule is CCCCCCCCCCCCCCCCCCCCN(CCO)CCCN(CCO)CCO. The molecule has 3 N–H and O–H groups in total. The van der Waals surface area contributed by atoms with Gasteiger partial charge >= 0.3 is 0 Å². The topological polar surface area (TPSA) is 67.2 Å². The van der Waals surface area contributed by atoms with Crippen molar-refractivity contribution >= 4 is 0 Å². The summed E-state index contributed by atoms with van der Waals surface area (Å²) >= 11 is 0. The Bertz CT molecular complexity index is 365. The first kappa shape index (κ1) is 33.8. The van der Waals surface area contributed by atoms with Crippen LogP contribution in [0, 0.1) is 0 Å². The molecule has 0 saturated carbocycles. The van der Waals surface area contributed by atoms with Gasteiger partial charge in [0.25, 0.3) is 0 Å². The molecule has 0 saturated heterocycles. The molecular formula is C29H62N2O3. The Kier molecular flexibility index (Phi) is 28.9. The van der Waals surface area contributed by atoms with Crippen LogP contribution in [0.15, 0.2) is 0 Å². The number of aliphatic hydroxyl groups excluding tert-OH is 3. The standard InChI is InChI=1S/C29H62N2O3/c1-2-3-4-5-6-7-8-9-10-11-12-13-14-15-16-17-18-19-21-30(24-27-32)22-20-23-31(25-28-33)26-29-34/h32-34H,2-29H2,1H3. The summed E-state index contributed by atoms with van der Waals surface area (Å²) in [5.41, 5.74) is 0. The van der Waals surface area contributed by atoms with Gasteiger partial charge in [-0.25, -0.2) is 0 Å². The molecule has 0 fully saturated rings. The molecule has 0 rings (SSSR count). The van der Waals surface area contributed by atoms with Crippen molar-refractivity contribution < 1.29 is 15.3 Å². The lowest BCUT2D eigenvalue weighted by Crippen LogP contribution is -2.35. The van der Waals surface area contributed by atoms with Crippen molar-refractivity contribution in [3.05, 3.63) is 0 Å². The zero-order valence-electron chi connectivity index (χ0n) is 23.0. The van der Waals surface area contributed by atoms with E-state index >= 15 is 0 Å². The van der Waals surface area contributed by atoms with Crippen LogP contribution in [0.1, 0.15) is 129 Å². The van der Waals surface area contributed by atoms with Gasteiger partial charge in [0.15, 0.2) is 0 Å². The summed E-state index contributed by atoms with van der Waals surface area (Å²) < 4.78 is 0. The lowest BCUT2D eigenvalue weighted by Gasteiger charge is -2.24. The fourth-order valence-corrected chi connectivity index (χ4v) is 4.85. The van der Waals surface area contributed by atoms with E-state index in [2.05, 4.69) is 16.7 Å². The van der Waals surface area contributed by atoms with Crippen LogP contribution in [0.3, 0.4) is 0 Å². The Labute approximate surface area is 213 Å². The molecule has 0 radical (unpaired) electrons. The minimum absolute atomic E-state index is 0.139. The predicted molar refractivity (Wildman–Crippen MR) is 148 cm³/mol. The van der Waals surface area contributed by atoms with Gasteiger partial charge in [-0.1, -0.05) is 116 Å². The third-order valence-corrected chi connectivity index (χ3v) is 7.03. The molecule has 34 heavy (non-hydrogen) atoms. The third kappa shape index (κ3) is 24.9. The molecule has 0 bridgehead atoms. The lowest BCUT2D eigenvalue weighted by molar-refractivity contribution is 0.147. The van der Waals surface area contributed by atoms with Crippen molar-refractivity contribution in [1.29, 1.82) is 0 Å². The van der Waals surface area contributed by atoms with Crippen molar-refractivity contribution in [2.45, 2.75) is 129 Å². The first-order valence-electron chi connectivity index (χ1n) is 15.1. The Hall–Kier alpha value is -0.200. The summed E-state index contributed by atoms with van der Waals surface area (Å²) in [7, 11) is 0. The third-order valence-electron chi connectivity index (χ3n) is 7.03. The Morgan fingerprint density at radius 3 is 0.912 bits per heavy atom. The molecule has 0 unspecified atom stereocenters. The highest BCUT2D eigenvalue weighted by Crippen LogP contribution is 2.14. The average molecular weight is 487 g/mol. The minimum Gasteiger partial charge on any atom is -0.395 e. The molecule has 0 aliphatic rings. The molecule has 0 aliphatic carbocycles. The molecule has 0 spiro atoms. The second kappa shape index (κ2) is 29.0. The second-order valence-electron chi connectivity index (χ2n) is 10.2. The average Bonchev–Trinajstić information content (AvgIpc) is 2.83. The summed E-state index contributed by atoms with van der Waals surface area (Å²) in [6, 6.07) is 0. The molecule has 0 aromatic carbocycles. The quantitative estimate of drug-likeness (QED) is 0.113. The van der Waals surface area contributed by atoms with Crippen LogP contribution in [-0.4, -0.2) is 84.2 Å². The van der Waals surface area contributed by atoms with Gasteiger partial charge in [0.05, 0.1) is 19.8 Å². The van der Waals surface area contributed by atoms with Crippen LogP contribution in [-0.2, 0) is 0 Å². The molecule has 0 aliphatic heterocycles. The van der Waals surface area contributed by atoms with E-state index < -0.39 is 0 Å².